The quantitative estimate of drug-likeness (QED) is 0.545. The molecule has 0 radical (unpaired) electrons. The van der Waals surface area contributed by atoms with Crippen molar-refractivity contribution >= 4 is 5.91 Å². The van der Waals surface area contributed by atoms with Gasteiger partial charge in [-0.2, -0.15) is 0 Å². The van der Waals surface area contributed by atoms with E-state index in [9.17, 15) is 15.0 Å². The van der Waals surface area contributed by atoms with E-state index in [1.807, 2.05) is 0 Å². The SMILES string of the molecule is COC[C@H]1O[C@H](O)[C@H](NC(C)=O)[C@H](OC)[C@H]1O. The largest absolute Gasteiger partial charge is 0.388 e. The number of amides is 1. The Kier molecular flexibility index (Phi) is 5.29. The molecule has 0 aromatic heterocycles. The fourth-order valence-electron chi connectivity index (χ4n) is 1.91. The fourth-order valence-corrected chi connectivity index (χ4v) is 1.91. The highest BCUT2D eigenvalue weighted by molar-refractivity contribution is 5.73. The van der Waals surface area contributed by atoms with Crippen molar-refractivity contribution in [3.63, 3.8) is 0 Å². The lowest BCUT2D eigenvalue weighted by atomic mass is 9.97. The number of hydrogen-bond donors (Lipinski definition) is 3. The third kappa shape index (κ3) is 3.36. The van der Waals surface area contributed by atoms with E-state index in [2.05, 4.69) is 5.32 Å². The van der Waals surface area contributed by atoms with E-state index < -0.39 is 30.6 Å². The van der Waals surface area contributed by atoms with Gasteiger partial charge >= 0.3 is 0 Å². The van der Waals surface area contributed by atoms with Crippen LogP contribution in [-0.4, -0.2) is 67.6 Å². The summed E-state index contributed by atoms with van der Waals surface area (Å²) in [5, 5.41) is 22.2. The van der Waals surface area contributed by atoms with Crippen LogP contribution >= 0.6 is 0 Å². The van der Waals surface area contributed by atoms with Gasteiger partial charge in [-0.3, -0.25) is 4.79 Å². The van der Waals surface area contributed by atoms with Crippen molar-refractivity contribution in [1.82, 2.24) is 5.32 Å². The Morgan fingerprint density at radius 3 is 2.53 bits per heavy atom. The van der Waals surface area contributed by atoms with Crippen LogP contribution < -0.4 is 5.32 Å². The number of aliphatic hydroxyl groups is 2. The number of aliphatic hydroxyl groups excluding tert-OH is 2. The molecule has 1 heterocycles. The minimum atomic E-state index is -1.24. The number of methoxy groups -OCH3 is 2. The topological polar surface area (TPSA) is 97.2 Å². The predicted molar refractivity (Wildman–Crippen MR) is 57.2 cm³/mol. The molecule has 0 aromatic carbocycles. The second-order valence-electron chi connectivity index (χ2n) is 3.94. The highest BCUT2D eigenvalue weighted by Gasteiger charge is 2.45. The van der Waals surface area contributed by atoms with Crippen LogP contribution in [0.4, 0.5) is 0 Å². The van der Waals surface area contributed by atoms with Crippen molar-refractivity contribution < 1.29 is 29.2 Å². The average Bonchev–Trinajstić information content (AvgIpc) is 2.25. The molecule has 0 unspecified atom stereocenters. The van der Waals surface area contributed by atoms with E-state index in [1.54, 1.807) is 0 Å². The molecule has 1 amide bonds. The van der Waals surface area contributed by atoms with Crippen LogP contribution in [0.2, 0.25) is 0 Å². The minimum absolute atomic E-state index is 0.130. The van der Waals surface area contributed by atoms with Crippen molar-refractivity contribution in [2.24, 2.45) is 0 Å². The highest BCUT2D eigenvalue weighted by Crippen LogP contribution is 2.22. The van der Waals surface area contributed by atoms with Crippen molar-refractivity contribution in [1.29, 1.82) is 0 Å². The molecule has 1 fully saturated rings. The van der Waals surface area contributed by atoms with Gasteiger partial charge in [-0.05, 0) is 0 Å². The molecule has 0 saturated carbocycles. The van der Waals surface area contributed by atoms with Gasteiger partial charge in [-0.15, -0.1) is 0 Å². The van der Waals surface area contributed by atoms with Gasteiger partial charge in [0, 0.05) is 21.1 Å². The lowest BCUT2D eigenvalue weighted by molar-refractivity contribution is -0.259. The molecule has 100 valence electrons. The molecule has 0 bridgehead atoms. The van der Waals surface area contributed by atoms with E-state index in [0.29, 0.717) is 0 Å². The van der Waals surface area contributed by atoms with E-state index in [-0.39, 0.29) is 12.5 Å². The Morgan fingerprint density at radius 1 is 1.41 bits per heavy atom. The summed E-state index contributed by atoms with van der Waals surface area (Å²) in [5.41, 5.74) is 0. The average molecular weight is 249 g/mol. The molecule has 0 aromatic rings. The summed E-state index contributed by atoms with van der Waals surface area (Å²) in [6.45, 7) is 1.44. The summed E-state index contributed by atoms with van der Waals surface area (Å²) in [7, 11) is 2.86. The monoisotopic (exact) mass is 249 g/mol. The number of rotatable bonds is 4. The molecule has 5 atom stereocenters. The maximum Gasteiger partial charge on any atom is 0.217 e. The lowest BCUT2D eigenvalue weighted by Gasteiger charge is -2.42. The zero-order chi connectivity index (χ0) is 13.0. The molecule has 1 rings (SSSR count). The van der Waals surface area contributed by atoms with Crippen molar-refractivity contribution in [3.05, 3.63) is 0 Å². The Hall–Kier alpha value is -0.730. The minimum Gasteiger partial charge on any atom is -0.388 e. The van der Waals surface area contributed by atoms with E-state index >= 15 is 0 Å². The van der Waals surface area contributed by atoms with Crippen LogP contribution in [0.1, 0.15) is 6.92 Å². The van der Waals surface area contributed by atoms with Crippen LogP contribution in [0.5, 0.6) is 0 Å². The Labute approximate surface area is 99.7 Å². The zero-order valence-electron chi connectivity index (χ0n) is 10.1. The zero-order valence-corrected chi connectivity index (χ0v) is 10.1. The fraction of sp³-hybridized carbons (Fsp3) is 0.900. The number of ether oxygens (including phenoxy) is 3. The molecular formula is C10H19NO6. The van der Waals surface area contributed by atoms with Gasteiger partial charge in [0.1, 0.15) is 24.4 Å². The number of nitrogens with one attached hydrogen (secondary N) is 1. The Morgan fingerprint density at radius 2 is 2.06 bits per heavy atom. The van der Waals surface area contributed by atoms with Crippen molar-refractivity contribution in [2.45, 2.75) is 37.6 Å². The maximum atomic E-state index is 11.0. The summed E-state index contributed by atoms with van der Waals surface area (Å²) in [4.78, 5) is 11.0. The van der Waals surface area contributed by atoms with Gasteiger partial charge in [0.05, 0.1) is 6.61 Å². The highest BCUT2D eigenvalue weighted by atomic mass is 16.6. The first kappa shape index (κ1) is 14.3. The van der Waals surface area contributed by atoms with E-state index in [4.69, 9.17) is 14.2 Å². The van der Waals surface area contributed by atoms with Crippen LogP contribution in [-0.2, 0) is 19.0 Å². The summed E-state index contributed by atoms with van der Waals surface area (Å²) in [6, 6.07) is -0.805. The molecule has 7 heteroatoms. The van der Waals surface area contributed by atoms with Crippen LogP contribution in [0, 0.1) is 0 Å². The first-order valence-electron chi connectivity index (χ1n) is 5.31. The van der Waals surface area contributed by atoms with Gasteiger partial charge in [0.15, 0.2) is 6.29 Å². The number of hydrogen-bond acceptors (Lipinski definition) is 6. The molecule has 17 heavy (non-hydrogen) atoms. The predicted octanol–water partition coefficient (Wildman–Crippen LogP) is -1.77. The molecule has 3 N–H and O–H groups in total. The van der Waals surface area contributed by atoms with Gasteiger partial charge in [0.25, 0.3) is 0 Å². The van der Waals surface area contributed by atoms with Gasteiger partial charge < -0.3 is 29.7 Å². The van der Waals surface area contributed by atoms with Crippen LogP contribution in [0.25, 0.3) is 0 Å². The number of carbonyl (C=O) groups excluding carboxylic acids is 1. The summed E-state index contributed by atoms with van der Waals surface area (Å²) in [5.74, 6) is -0.336. The standard InChI is InChI=1S/C10H19NO6/c1-5(12)11-7-9(16-3)8(13)6(4-15-2)17-10(7)14/h6-10,13-14H,4H2,1-3H3,(H,11,12)/t6-,7-,8+,9+,10+/m1/s1. The molecule has 1 aliphatic rings. The Balaban J connectivity index is 2.76. The first-order valence-corrected chi connectivity index (χ1v) is 5.31. The smallest absolute Gasteiger partial charge is 0.217 e. The molecule has 0 aliphatic carbocycles. The van der Waals surface area contributed by atoms with E-state index in [1.165, 1.54) is 21.1 Å². The number of carbonyl (C=O) groups is 1. The van der Waals surface area contributed by atoms with Crippen molar-refractivity contribution in [3.8, 4) is 0 Å². The lowest BCUT2D eigenvalue weighted by Crippen LogP contribution is -2.64. The summed E-state index contributed by atoms with van der Waals surface area (Å²) in [6.07, 6.45) is -3.67. The third-order valence-corrected chi connectivity index (χ3v) is 2.67. The normalized spacial score (nSPS) is 37.8. The second kappa shape index (κ2) is 6.27. The van der Waals surface area contributed by atoms with Gasteiger partial charge in [0.2, 0.25) is 5.91 Å². The van der Waals surface area contributed by atoms with Crippen LogP contribution in [0.15, 0.2) is 0 Å². The summed E-state index contributed by atoms with van der Waals surface area (Å²) >= 11 is 0. The third-order valence-electron chi connectivity index (χ3n) is 2.67. The molecule has 1 aliphatic heterocycles. The molecular weight excluding hydrogens is 230 g/mol. The molecule has 7 nitrogen and oxygen atoms in total. The Bertz CT molecular complexity index is 261. The first-order chi connectivity index (χ1) is 8.01. The molecule has 0 spiro atoms. The van der Waals surface area contributed by atoms with Crippen molar-refractivity contribution in [2.75, 3.05) is 20.8 Å². The maximum absolute atomic E-state index is 11.0. The summed E-state index contributed by atoms with van der Waals surface area (Å²) < 4.78 is 15.1. The van der Waals surface area contributed by atoms with E-state index in [0.717, 1.165) is 0 Å². The van der Waals surface area contributed by atoms with Crippen LogP contribution in [0.3, 0.4) is 0 Å². The molecule has 1 saturated heterocycles. The second-order valence-corrected chi connectivity index (χ2v) is 3.94. The van der Waals surface area contributed by atoms with Gasteiger partial charge in [-0.1, -0.05) is 0 Å². The van der Waals surface area contributed by atoms with Gasteiger partial charge in [-0.25, -0.2) is 0 Å².